The Morgan fingerprint density at radius 2 is 1.69 bits per heavy atom. The van der Waals surface area contributed by atoms with Gasteiger partial charge in [-0.05, 0) is 51.0 Å². The van der Waals surface area contributed by atoms with Crippen molar-refractivity contribution >= 4 is 33.0 Å². The summed E-state index contributed by atoms with van der Waals surface area (Å²) < 4.78 is 28.3. The number of anilines is 1. The fourth-order valence-corrected chi connectivity index (χ4v) is 6.25. The lowest BCUT2D eigenvalue weighted by Gasteiger charge is -2.28. The molecule has 0 fully saturated rings. The molecule has 0 aliphatic rings. The van der Waals surface area contributed by atoms with Crippen molar-refractivity contribution in [1.29, 1.82) is 0 Å². The second kappa shape index (κ2) is 8.00. The molecule has 29 heavy (non-hydrogen) atoms. The van der Waals surface area contributed by atoms with Crippen LogP contribution in [0.5, 0.6) is 0 Å². The smallest absolute Gasteiger partial charge is 0.348 e. The Balaban J connectivity index is 2.22. The second-order valence-corrected chi connectivity index (χ2v) is 10.00. The zero-order valence-corrected chi connectivity index (χ0v) is 18.3. The molecule has 1 heterocycles. The molecule has 0 atom stereocenters. The summed E-state index contributed by atoms with van der Waals surface area (Å²) in [6, 6.07) is 15.7. The quantitative estimate of drug-likeness (QED) is 0.574. The molecule has 0 aliphatic heterocycles. The summed E-state index contributed by atoms with van der Waals surface area (Å²) in [5, 5.41) is 9.77. The molecular weight excluding hydrogens is 406 g/mol. The minimum absolute atomic E-state index is 0.00546. The van der Waals surface area contributed by atoms with Gasteiger partial charge in [-0.2, -0.15) is 0 Å². The molecule has 3 aromatic rings. The zero-order chi connectivity index (χ0) is 21.3. The maximum absolute atomic E-state index is 13.6. The first-order chi connectivity index (χ1) is 13.6. The first-order valence-electron chi connectivity index (χ1n) is 9.17. The van der Waals surface area contributed by atoms with Crippen LogP contribution in [0.4, 0.5) is 5.69 Å². The Labute approximate surface area is 175 Å². The number of hydrogen-bond acceptors (Lipinski definition) is 4. The Morgan fingerprint density at radius 3 is 2.24 bits per heavy atom. The number of nitrogens with zero attached hydrogens (tertiary/aromatic N) is 1. The summed E-state index contributed by atoms with van der Waals surface area (Å²) in [5.74, 6) is -1.14. The Bertz CT molecular complexity index is 1150. The van der Waals surface area contributed by atoms with Gasteiger partial charge in [0, 0.05) is 10.9 Å². The van der Waals surface area contributed by atoms with Gasteiger partial charge in [-0.1, -0.05) is 48.0 Å². The summed E-state index contributed by atoms with van der Waals surface area (Å²) in [6.45, 7) is 7.13. The van der Waals surface area contributed by atoms with Gasteiger partial charge in [-0.15, -0.1) is 11.3 Å². The maximum atomic E-state index is 13.6. The summed E-state index contributed by atoms with van der Waals surface area (Å²) in [6.07, 6.45) is 0. The van der Waals surface area contributed by atoms with Gasteiger partial charge in [-0.3, -0.25) is 4.31 Å². The van der Waals surface area contributed by atoms with E-state index in [0.717, 1.165) is 22.5 Å². The SMILES string of the molecule is Cc1ccc(S(=O)(=O)N(c2cc(-c3ccccc3)sc2C(=O)O)C(C)C)c(C)c1. The van der Waals surface area contributed by atoms with Crippen molar-refractivity contribution < 1.29 is 18.3 Å². The largest absolute Gasteiger partial charge is 0.477 e. The number of sulfonamides is 1. The van der Waals surface area contributed by atoms with Crippen LogP contribution < -0.4 is 4.31 Å². The lowest BCUT2D eigenvalue weighted by molar-refractivity contribution is 0.0703. The van der Waals surface area contributed by atoms with Gasteiger partial charge in [0.2, 0.25) is 0 Å². The van der Waals surface area contributed by atoms with E-state index in [-0.39, 0.29) is 15.5 Å². The number of rotatable bonds is 6. The number of benzene rings is 2. The van der Waals surface area contributed by atoms with Gasteiger partial charge < -0.3 is 5.11 Å². The highest BCUT2D eigenvalue weighted by atomic mass is 32.2. The number of carbonyl (C=O) groups is 1. The molecule has 0 amide bonds. The van der Waals surface area contributed by atoms with Gasteiger partial charge >= 0.3 is 5.97 Å². The van der Waals surface area contributed by atoms with E-state index in [1.807, 2.05) is 43.3 Å². The lowest BCUT2D eigenvalue weighted by Crippen LogP contribution is -2.38. The summed E-state index contributed by atoms with van der Waals surface area (Å²) in [4.78, 5) is 12.9. The normalized spacial score (nSPS) is 11.6. The van der Waals surface area contributed by atoms with Crippen LogP contribution in [0.1, 0.15) is 34.6 Å². The average Bonchev–Trinajstić information content (AvgIpc) is 3.06. The number of thiophene rings is 1. The molecule has 3 rings (SSSR count). The Kier molecular flexibility index (Phi) is 5.82. The van der Waals surface area contributed by atoms with Crippen molar-refractivity contribution in [3.05, 3.63) is 70.6 Å². The first kappa shape index (κ1) is 21.1. The van der Waals surface area contributed by atoms with Crippen LogP contribution in [-0.2, 0) is 10.0 Å². The third-order valence-corrected chi connectivity index (χ3v) is 7.85. The molecule has 0 unspecified atom stereocenters. The molecule has 0 aliphatic carbocycles. The second-order valence-electron chi connectivity index (χ2n) is 7.16. The fraction of sp³-hybridized carbons (Fsp3) is 0.227. The van der Waals surface area contributed by atoms with E-state index in [9.17, 15) is 18.3 Å². The molecule has 5 nitrogen and oxygen atoms in total. The summed E-state index contributed by atoms with van der Waals surface area (Å²) >= 11 is 1.08. The third kappa shape index (κ3) is 4.06. The highest BCUT2D eigenvalue weighted by Crippen LogP contribution is 2.40. The van der Waals surface area contributed by atoms with E-state index < -0.39 is 22.0 Å². The van der Waals surface area contributed by atoms with Crippen molar-refractivity contribution in [3.8, 4) is 10.4 Å². The van der Waals surface area contributed by atoms with Crippen molar-refractivity contribution in [2.75, 3.05) is 4.31 Å². The molecule has 2 aromatic carbocycles. The van der Waals surface area contributed by atoms with Crippen molar-refractivity contribution in [2.24, 2.45) is 0 Å². The molecule has 1 aromatic heterocycles. The van der Waals surface area contributed by atoms with Crippen LogP contribution in [0.3, 0.4) is 0 Å². The molecule has 0 saturated carbocycles. The van der Waals surface area contributed by atoms with Crippen molar-refractivity contribution in [2.45, 2.75) is 38.6 Å². The molecule has 7 heteroatoms. The van der Waals surface area contributed by atoms with Crippen molar-refractivity contribution in [1.82, 2.24) is 0 Å². The molecule has 0 bridgehead atoms. The summed E-state index contributed by atoms with van der Waals surface area (Å²) in [7, 11) is -3.95. The predicted octanol–water partition coefficient (Wildman–Crippen LogP) is 5.33. The van der Waals surface area contributed by atoms with Crippen LogP contribution >= 0.6 is 11.3 Å². The van der Waals surface area contributed by atoms with Crippen LogP contribution in [0, 0.1) is 13.8 Å². The first-order valence-corrected chi connectivity index (χ1v) is 11.4. The van der Waals surface area contributed by atoms with Crippen LogP contribution in [0.25, 0.3) is 10.4 Å². The van der Waals surface area contributed by atoms with E-state index in [2.05, 4.69) is 0 Å². The van der Waals surface area contributed by atoms with E-state index in [1.165, 1.54) is 4.31 Å². The maximum Gasteiger partial charge on any atom is 0.348 e. The van der Waals surface area contributed by atoms with E-state index in [4.69, 9.17) is 0 Å². The minimum Gasteiger partial charge on any atom is -0.477 e. The van der Waals surface area contributed by atoms with Crippen LogP contribution in [0.15, 0.2) is 59.5 Å². The molecule has 152 valence electrons. The van der Waals surface area contributed by atoms with Gasteiger partial charge in [-0.25, -0.2) is 13.2 Å². The lowest BCUT2D eigenvalue weighted by atomic mass is 10.2. The van der Waals surface area contributed by atoms with Crippen LogP contribution in [-0.4, -0.2) is 25.5 Å². The average molecular weight is 430 g/mol. The highest BCUT2D eigenvalue weighted by Gasteiger charge is 2.33. The number of aryl methyl sites for hydroxylation is 2. The monoisotopic (exact) mass is 429 g/mol. The highest BCUT2D eigenvalue weighted by molar-refractivity contribution is 7.93. The van der Waals surface area contributed by atoms with Gasteiger partial charge in [0.15, 0.2) is 0 Å². The summed E-state index contributed by atoms with van der Waals surface area (Å²) in [5.41, 5.74) is 2.63. The number of carboxylic acids is 1. The van der Waals surface area contributed by atoms with E-state index in [0.29, 0.717) is 10.4 Å². The third-order valence-electron chi connectivity index (χ3n) is 4.54. The predicted molar refractivity (Wildman–Crippen MR) is 117 cm³/mol. The minimum atomic E-state index is -3.95. The standard InChI is InChI=1S/C22H23NO4S2/c1-14(2)23(29(26,27)20-11-10-15(3)12-16(20)4)18-13-19(28-21(18)22(24)25)17-8-6-5-7-9-17/h5-14H,1-4H3,(H,24,25). The number of carboxylic acid groups (broad SMARTS) is 1. The Hall–Kier alpha value is -2.64. The molecule has 1 N–H and O–H groups in total. The van der Waals surface area contributed by atoms with Gasteiger partial charge in [0.1, 0.15) is 4.88 Å². The zero-order valence-electron chi connectivity index (χ0n) is 16.7. The molecule has 0 saturated heterocycles. The van der Waals surface area contributed by atoms with E-state index >= 15 is 0 Å². The van der Waals surface area contributed by atoms with E-state index in [1.54, 1.807) is 39.0 Å². The van der Waals surface area contributed by atoms with Crippen LogP contribution in [0.2, 0.25) is 0 Å². The number of aromatic carboxylic acids is 1. The molecular formula is C22H23NO4S2. The van der Waals surface area contributed by atoms with Gasteiger partial charge in [0.05, 0.1) is 10.6 Å². The van der Waals surface area contributed by atoms with Crippen molar-refractivity contribution in [3.63, 3.8) is 0 Å². The molecule has 0 radical (unpaired) electrons. The molecule has 0 spiro atoms. The topological polar surface area (TPSA) is 74.7 Å². The fourth-order valence-electron chi connectivity index (χ4n) is 3.32. The number of hydrogen-bond donors (Lipinski definition) is 1. The Morgan fingerprint density at radius 1 is 1.03 bits per heavy atom. The van der Waals surface area contributed by atoms with Gasteiger partial charge in [0.25, 0.3) is 10.0 Å².